The summed E-state index contributed by atoms with van der Waals surface area (Å²) in [6.45, 7) is 3.69. The minimum absolute atomic E-state index is 0.00593. The first-order valence-corrected chi connectivity index (χ1v) is 5.15. The molecule has 0 bridgehead atoms. The van der Waals surface area contributed by atoms with Crippen LogP contribution in [-0.4, -0.2) is 12.1 Å². The van der Waals surface area contributed by atoms with E-state index in [-0.39, 0.29) is 6.04 Å². The quantitative estimate of drug-likeness (QED) is 0.574. The number of methoxy groups -OCH3 is 1. The number of allylic oxidation sites excluding steroid dienone is 1. The number of nitrogens with two attached hydrogens (primary N) is 1. The first kappa shape index (κ1) is 11.7. The van der Waals surface area contributed by atoms with E-state index >= 15 is 0 Å². The third kappa shape index (κ3) is 3.36. The summed E-state index contributed by atoms with van der Waals surface area (Å²) in [7, 11) is 1.61. The van der Waals surface area contributed by atoms with Crippen molar-refractivity contribution < 1.29 is 4.74 Å². The molecule has 0 radical (unpaired) electrons. The Hall–Kier alpha value is -1.35. The molecule has 0 saturated heterocycles. The Bertz CT molecular complexity index is 312. The smallest absolute Gasteiger partial charge is 0.217 e. The Morgan fingerprint density at radius 3 is 3.13 bits per heavy atom. The van der Waals surface area contributed by atoms with Crippen LogP contribution in [0.15, 0.2) is 31.0 Å². The van der Waals surface area contributed by atoms with E-state index in [0.29, 0.717) is 5.88 Å². The molecule has 1 unspecified atom stereocenters. The molecule has 82 valence electrons. The van der Waals surface area contributed by atoms with Crippen molar-refractivity contribution in [3.8, 4) is 5.88 Å². The Balaban J connectivity index is 2.63. The molecule has 0 amide bonds. The zero-order valence-corrected chi connectivity index (χ0v) is 9.15. The summed E-state index contributed by atoms with van der Waals surface area (Å²) in [6.07, 6.45) is 6.58. The van der Waals surface area contributed by atoms with Crippen molar-refractivity contribution in [3.05, 3.63) is 36.5 Å². The lowest BCUT2D eigenvalue weighted by Gasteiger charge is -2.13. The molecule has 15 heavy (non-hydrogen) atoms. The Morgan fingerprint density at radius 1 is 1.67 bits per heavy atom. The summed E-state index contributed by atoms with van der Waals surface area (Å²) in [5, 5.41) is 0. The molecule has 0 aliphatic heterocycles. The van der Waals surface area contributed by atoms with Crippen molar-refractivity contribution in [1.29, 1.82) is 0 Å². The van der Waals surface area contributed by atoms with Crippen LogP contribution in [0.1, 0.15) is 30.9 Å². The maximum atomic E-state index is 6.06. The topological polar surface area (TPSA) is 48.1 Å². The normalized spacial score (nSPS) is 12.1. The predicted octanol–water partition coefficient (Wildman–Crippen LogP) is 2.45. The van der Waals surface area contributed by atoms with Gasteiger partial charge in [0, 0.05) is 17.8 Å². The van der Waals surface area contributed by atoms with Gasteiger partial charge in [-0.1, -0.05) is 12.1 Å². The van der Waals surface area contributed by atoms with Gasteiger partial charge in [0.1, 0.15) is 0 Å². The van der Waals surface area contributed by atoms with Crippen LogP contribution in [0.3, 0.4) is 0 Å². The van der Waals surface area contributed by atoms with Crippen LogP contribution < -0.4 is 10.5 Å². The first-order valence-electron chi connectivity index (χ1n) is 5.15. The highest BCUT2D eigenvalue weighted by molar-refractivity contribution is 5.28. The molecule has 0 aliphatic carbocycles. The zero-order valence-electron chi connectivity index (χ0n) is 9.15. The fourth-order valence-electron chi connectivity index (χ4n) is 1.49. The van der Waals surface area contributed by atoms with E-state index in [1.165, 1.54) is 0 Å². The maximum absolute atomic E-state index is 6.06. The molecule has 3 nitrogen and oxygen atoms in total. The number of aromatic nitrogens is 1. The number of hydrogen-bond donors (Lipinski definition) is 1. The van der Waals surface area contributed by atoms with Gasteiger partial charge in [-0.3, -0.25) is 0 Å². The molecular weight excluding hydrogens is 188 g/mol. The van der Waals surface area contributed by atoms with E-state index in [1.807, 2.05) is 18.2 Å². The average Bonchev–Trinajstić information content (AvgIpc) is 2.29. The molecule has 0 saturated carbocycles. The van der Waals surface area contributed by atoms with E-state index in [0.717, 1.165) is 24.8 Å². The van der Waals surface area contributed by atoms with Crippen molar-refractivity contribution in [2.75, 3.05) is 7.11 Å². The Labute approximate surface area is 91.0 Å². The summed E-state index contributed by atoms with van der Waals surface area (Å²) >= 11 is 0. The van der Waals surface area contributed by atoms with Crippen molar-refractivity contribution >= 4 is 0 Å². The summed E-state index contributed by atoms with van der Waals surface area (Å²) in [4.78, 5) is 4.12. The zero-order chi connectivity index (χ0) is 11.1. The van der Waals surface area contributed by atoms with Gasteiger partial charge in [-0.25, -0.2) is 4.98 Å². The second kappa shape index (κ2) is 6.19. The average molecular weight is 206 g/mol. The number of ether oxygens (including phenoxy) is 1. The molecule has 0 spiro atoms. The van der Waals surface area contributed by atoms with Gasteiger partial charge in [0.15, 0.2) is 0 Å². The summed E-state index contributed by atoms with van der Waals surface area (Å²) < 4.78 is 5.16. The van der Waals surface area contributed by atoms with E-state index < -0.39 is 0 Å². The second-order valence-corrected chi connectivity index (χ2v) is 3.43. The molecule has 0 fully saturated rings. The van der Waals surface area contributed by atoms with E-state index in [1.54, 1.807) is 13.3 Å². The molecule has 0 aliphatic rings. The number of pyridine rings is 1. The first-order chi connectivity index (χ1) is 7.29. The van der Waals surface area contributed by atoms with Crippen molar-refractivity contribution in [2.45, 2.75) is 25.3 Å². The number of unbranched alkanes of at least 4 members (excludes halogenated alkanes) is 1. The van der Waals surface area contributed by atoms with Gasteiger partial charge < -0.3 is 10.5 Å². The van der Waals surface area contributed by atoms with Crippen molar-refractivity contribution in [3.63, 3.8) is 0 Å². The minimum atomic E-state index is -0.00593. The molecule has 3 heteroatoms. The number of nitrogens with zero attached hydrogens (tertiary/aromatic N) is 1. The number of rotatable bonds is 6. The molecule has 1 heterocycles. The fourth-order valence-corrected chi connectivity index (χ4v) is 1.49. The van der Waals surface area contributed by atoms with Crippen LogP contribution in [-0.2, 0) is 0 Å². The molecule has 1 atom stereocenters. The van der Waals surface area contributed by atoms with Gasteiger partial charge in [-0.2, -0.15) is 0 Å². The standard InChI is InChI=1S/C12H18N2O/c1-3-4-5-8-11(13)10-7-6-9-14-12(10)15-2/h3,6-7,9,11H,1,4-5,8,13H2,2H3. The van der Waals surface area contributed by atoms with Gasteiger partial charge in [0.2, 0.25) is 5.88 Å². The van der Waals surface area contributed by atoms with Crippen LogP contribution in [0, 0.1) is 0 Å². The molecule has 1 rings (SSSR count). The summed E-state index contributed by atoms with van der Waals surface area (Å²) in [5.74, 6) is 0.628. The van der Waals surface area contributed by atoms with Gasteiger partial charge in [-0.05, 0) is 25.3 Å². The lowest BCUT2D eigenvalue weighted by Crippen LogP contribution is -2.12. The van der Waals surface area contributed by atoms with E-state index in [4.69, 9.17) is 10.5 Å². The molecule has 2 N–H and O–H groups in total. The molecule has 1 aromatic heterocycles. The van der Waals surface area contributed by atoms with Gasteiger partial charge in [0.05, 0.1) is 7.11 Å². The number of hydrogen-bond acceptors (Lipinski definition) is 3. The third-order valence-electron chi connectivity index (χ3n) is 2.32. The predicted molar refractivity (Wildman–Crippen MR) is 61.8 cm³/mol. The largest absolute Gasteiger partial charge is 0.481 e. The van der Waals surface area contributed by atoms with Crippen LogP contribution in [0.25, 0.3) is 0 Å². The minimum Gasteiger partial charge on any atom is -0.481 e. The van der Waals surface area contributed by atoms with E-state index in [9.17, 15) is 0 Å². The van der Waals surface area contributed by atoms with Crippen LogP contribution in [0.5, 0.6) is 5.88 Å². The van der Waals surface area contributed by atoms with E-state index in [2.05, 4.69) is 11.6 Å². The second-order valence-electron chi connectivity index (χ2n) is 3.43. The van der Waals surface area contributed by atoms with Crippen LogP contribution in [0.2, 0.25) is 0 Å². The lowest BCUT2D eigenvalue weighted by atomic mass is 10.0. The monoisotopic (exact) mass is 206 g/mol. The highest BCUT2D eigenvalue weighted by atomic mass is 16.5. The van der Waals surface area contributed by atoms with Crippen LogP contribution >= 0.6 is 0 Å². The van der Waals surface area contributed by atoms with Crippen LogP contribution in [0.4, 0.5) is 0 Å². The summed E-state index contributed by atoms with van der Waals surface area (Å²) in [5.41, 5.74) is 7.03. The molecule has 1 aromatic rings. The maximum Gasteiger partial charge on any atom is 0.217 e. The molecule has 0 aromatic carbocycles. The summed E-state index contributed by atoms with van der Waals surface area (Å²) in [6, 6.07) is 3.84. The fraction of sp³-hybridized carbons (Fsp3) is 0.417. The highest BCUT2D eigenvalue weighted by Gasteiger charge is 2.11. The van der Waals surface area contributed by atoms with Gasteiger partial charge in [0.25, 0.3) is 0 Å². The van der Waals surface area contributed by atoms with Crippen molar-refractivity contribution in [2.24, 2.45) is 5.73 Å². The SMILES string of the molecule is C=CCCCC(N)c1cccnc1OC. The lowest BCUT2D eigenvalue weighted by molar-refractivity contribution is 0.386. The van der Waals surface area contributed by atoms with Gasteiger partial charge in [-0.15, -0.1) is 6.58 Å². The van der Waals surface area contributed by atoms with Gasteiger partial charge >= 0.3 is 0 Å². The third-order valence-corrected chi connectivity index (χ3v) is 2.32. The Morgan fingerprint density at radius 2 is 2.47 bits per heavy atom. The highest BCUT2D eigenvalue weighted by Crippen LogP contribution is 2.24. The molecular formula is C12H18N2O. The Kier molecular flexibility index (Phi) is 4.84. The van der Waals surface area contributed by atoms with Crippen molar-refractivity contribution in [1.82, 2.24) is 4.98 Å².